The van der Waals surface area contributed by atoms with Crippen LogP contribution in [-0.4, -0.2) is 36.4 Å². The zero-order chi connectivity index (χ0) is 12.1. The number of carboxylic acid groups (broad SMARTS) is 1. The maximum absolute atomic E-state index is 11.1. The number of carbonyl (C=O) groups is 2. The van der Waals surface area contributed by atoms with Crippen LogP contribution in [0.25, 0.3) is 0 Å². The highest BCUT2D eigenvalue weighted by Crippen LogP contribution is 2.34. The molecule has 0 aromatic carbocycles. The molecule has 5 heteroatoms. The second kappa shape index (κ2) is 5.46. The summed E-state index contributed by atoms with van der Waals surface area (Å²) in [7, 11) is 0. The van der Waals surface area contributed by atoms with Crippen LogP contribution < -0.4 is 0 Å². The van der Waals surface area contributed by atoms with E-state index in [9.17, 15) is 9.59 Å². The van der Waals surface area contributed by atoms with Gasteiger partial charge in [-0.1, -0.05) is 12.2 Å². The standard InChI is InChI=1S/C11H14O5/c1-3-8-7(5-15-6-12)10(11(13)14)9(4-2)16-8/h3-4,6-10H,1-2,5H2,(H,13,14). The molecule has 5 nitrogen and oxygen atoms in total. The van der Waals surface area contributed by atoms with Gasteiger partial charge in [0.05, 0.1) is 24.7 Å². The molecule has 0 radical (unpaired) electrons. The third-order valence-electron chi connectivity index (χ3n) is 2.66. The fourth-order valence-corrected chi connectivity index (χ4v) is 1.92. The summed E-state index contributed by atoms with van der Waals surface area (Å²) in [5.41, 5.74) is 0. The highest BCUT2D eigenvalue weighted by atomic mass is 16.5. The van der Waals surface area contributed by atoms with E-state index in [-0.39, 0.29) is 6.61 Å². The van der Waals surface area contributed by atoms with Crippen molar-refractivity contribution in [1.82, 2.24) is 0 Å². The first kappa shape index (κ1) is 12.4. The van der Waals surface area contributed by atoms with E-state index >= 15 is 0 Å². The second-order valence-electron chi connectivity index (χ2n) is 3.49. The summed E-state index contributed by atoms with van der Waals surface area (Å²) in [6, 6.07) is 0. The van der Waals surface area contributed by atoms with Crippen molar-refractivity contribution in [3.63, 3.8) is 0 Å². The normalized spacial score (nSPS) is 33.0. The van der Waals surface area contributed by atoms with Gasteiger partial charge in [-0.3, -0.25) is 9.59 Å². The van der Waals surface area contributed by atoms with Crippen LogP contribution in [0.1, 0.15) is 0 Å². The van der Waals surface area contributed by atoms with E-state index < -0.39 is 30.0 Å². The largest absolute Gasteiger partial charge is 0.481 e. The van der Waals surface area contributed by atoms with Crippen molar-refractivity contribution in [3.8, 4) is 0 Å². The highest BCUT2D eigenvalue weighted by molar-refractivity contribution is 5.72. The second-order valence-corrected chi connectivity index (χ2v) is 3.49. The monoisotopic (exact) mass is 226 g/mol. The van der Waals surface area contributed by atoms with Gasteiger partial charge in [0, 0.05) is 5.92 Å². The average Bonchev–Trinajstić information content (AvgIpc) is 2.63. The first-order valence-electron chi connectivity index (χ1n) is 4.84. The molecule has 0 amide bonds. The molecule has 1 N–H and O–H groups in total. The van der Waals surface area contributed by atoms with E-state index in [0.717, 1.165) is 0 Å². The zero-order valence-corrected chi connectivity index (χ0v) is 8.74. The molecule has 1 heterocycles. The van der Waals surface area contributed by atoms with E-state index in [4.69, 9.17) is 9.84 Å². The van der Waals surface area contributed by atoms with E-state index in [2.05, 4.69) is 17.9 Å². The topological polar surface area (TPSA) is 72.8 Å². The van der Waals surface area contributed by atoms with E-state index in [0.29, 0.717) is 6.47 Å². The molecule has 1 aliphatic rings. The van der Waals surface area contributed by atoms with Gasteiger partial charge in [0.25, 0.3) is 6.47 Å². The number of ether oxygens (including phenoxy) is 2. The first-order valence-corrected chi connectivity index (χ1v) is 4.84. The molecule has 0 spiro atoms. The lowest BCUT2D eigenvalue weighted by molar-refractivity contribution is -0.145. The van der Waals surface area contributed by atoms with Crippen LogP contribution >= 0.6 is 0 Å². The lowest BCUT2D eigenvalue weighted by Crippen LogP contribution is -2.31. The lowest BCUT2D eigenvalue weighted by Gasteiger charge is -2.17. The molecule has 4 unspecified atom stereocenters. The summed E-state index contributed by atoms with van der Waals surface area (Å²) in [5, 5.41) is 9.09. The Labute approximate surface area is 93.3 Å². The van der Waals surface area contributed by atoms with Crippen LogP contribution in [0.2, 0.25) is 0 Å². The van der Waals surface area contributed by atoms with Crippen molar-refractivity contribution in [1.29, 1.82) is 0 Å². The zero-order valence-electron chi connectivity index (χ0n) is 8.74. The summed E-state index contributed by atoms with van der Waals surface area (Å²) in [4.78, 5) is 21.2. The summed E-state index contributed by atoms with van der Waals surface area (Å²) < 4.78 is 10.0. The van der Waals surface area contributed by atoms with Gasteiger partial charge in [0.1, 0.15) is 0 Å². The Morgan fingerprint density at radius 1 is 1.38 bits per heavy atom. The maximum Gasteiger partial charge on any atom is 0.310 e. The van der Waals surface area contributed by atoms with Gasteiger partial charge in [0.2, 0.25) is 0 Å². The summed E-state index contributed by atoms with van der Waals surface area (Å²) in [6.07, 6.45) is 1.93. The van der Waals surface area contributed by atoms with Crippen LogP contribution in [0, 0.1) is 11.8 Å². The molecular weight excluding hydrogens is 212 g/mol. The lowest BCUT2D eigenvalue weighted by atomic mass is 9.87. The summed E-state index contributed by atoms with van der Waals surface area (Å²) >= 11 is 0. The summed E-state index contributed by atoms with van der Waals surface area (Å²) in [6.45, 7) is 7.39. The molecule has 1 aliphatic heterocycles. The Balaban J connectivity index is 2.86. The molecule has 0 aliphatic carbocycles. The number of carboxylic acids is 1. The Kier molecular flexibility index (Phi) is 4.25. The van der Waals surface area contributed by atoms with Gasteiger partial charge in [-0.2, -0.15) is 0 Å². The first-order chi connectivity index (χ1) is 7.65. The van der Waals surface area contributed by atoms with Crippen LogP contribution in [0.5, 0.6) is 0 Å². The van der Waals surface area contributed by atoms with Gasteiger partial charge < -0.3 is 14.6 Å². The highest BCUT2D eigenvalue weighted by Gasteiger charge is 2.46. The smallest absolute Gasteiger partial charge is 0.310 e. The number of carbonyl (C=O) groups excluding carboxylic acids is 1. The fraction of sp³-hybridized carbons (Fsp3) is 0.455. The molecule has 1 saturated heterocycles. The van der Waals surface area contributed by atoms with E-state index in [1.165, 1.54) is 12.2 Å². The van der Waals surface area contributed by atoms with Crippen LogP contribution in [0.4, 0.5) is 0 Å². The van der Waals surface area contributed by atoms with Crippen molar-refractivity contribution >= 4 is 12.4 Å². The Morgan fingerprint density at radius 2 is 2.00 bits per heavy atom. The van der Waals surface area contributed by atoms with Gasteiger partial charge >= 0.3 is 5.97 Å². The van der Waals surface area contributed by atoms with Crippen LogP contribution in [0.3, 0.4) is 0 Å². The number of hydrogen-bond donors (Lipinski definition) is 1. The van der Waals surface area contributed by atoms with E-state index in [1.54, 1.807) is 0 Å². The van der Waals surface area contributed by atoms with Crippen LogP contribution in [0.15, 0.2) is 25.3 Å². The van der Waals surface area contributed by atoms with Gasteiger partial charge in [0.15, 0.2) is 0 Å². The molecule has 0 saturated carbocycles. The quantitative estimate of drug-likeness (QED) is 0.530. The third kappa shape index (κ3) is 2.30. The molecule has 0 aromatic rings. The van der Waals surface area contributed by atoms with Crippen molar-refractivity contribution in [2.75, 3.05) is 6.61 Å². The Bertz CT molecular complexity index is 299. The van der Waals surface area contributed by atoms with Crippen molar-refractivity contribution in [2.45, 2.75) is 12.2 Å². The van der Waals surface area contributed by atoms with Crippen molar-refractivity contribution in [2.24, 2.45) is 11.8 Å². The van der Waals surface area contributed by atoms with Gasteiger partial charge in [-0.25, -0.2) is 0 Å². The minimum atomic E-state index is -0.992. The van der Waals surface area contributed by atoms with Crippen molar-refractivity contribution in [3.05, 3.63) is 25.3 Å². The minimum absolute atomic E-state index is 0.00148. The average molecular weight is 226 g/mol. The minimum Gasteiger partial charge on any atom is -0.481 e. The predicted molar refractivity (Wildman–Crippen MR) is 55.7 cm³/mol. The predicted octanol–water partition coefficient (Wildman–Crippen LogP) is 0.616. The molecule has 16 heavy (non-hydrogen) atoms. The maximum atomic E-state index is 11.1. The van der Waals surface area contributed by atoms with Crippen LogP contribution in [-0.2, 0) is 19.1 Å². The van der Waals surface area contributed by atoms with Crippen molar-refractivity contribution < 1.29 is 24.2 Å². The third-order valence-corrected chi connectivity index (χ3v) is 2.66. The number of hydrogen-bond acceptors (Lipinski definition) is 4. The molecule has 88 valence electrons. The van der Waals surface area contributed by atoms with Gasteiger partial charge in [-0.15, -0.1) is 13.2 Å². The number of aliphatic carboxylic acids is 1. The molecule has 1 rings (SSSR count). The molecule has 0 bridgehead atoms. The SMILES string of the molecule is C=CC1OC(C=C)C(C(=O)O)C1COC=O. The number of rotatable bonds is 6. The molecule has 4 atom stereocenters. The van der Waals surface area contributed by atoms with Gasteiger partial charge in [-0.05, 0) is 0 Å². The molecular formula is C11H14O5. The Morgan fingerprint density at radius 3 is 2.44 bits per heavy atom. The Hall–Kier alpha value is -1.62. The fourth-order valence-electron chi connectivity index (χ4n) is 1.92. The summed E-state index contributed by atoms with van der Waals surface area (Å²) in [5.74, 6) is -2.18. The molecule has 0 aromatic heterocycles. The van der Waals surface area contributed by atoms with E-state index in [1.807, 2.05) is 0 Å². The molecule has 1 fully saturated rings.